The Morgan fingerprint density at radius 3 is 2.24 bits per heavy atom. The summed E-state index contributed by atoms with van der Waals surface area (Å²) >= 11 is 0. The highest BCUT2D eigenvalue weighted by Gasteiger charge is 2.28. The first-order chi connectivity index (χ1) is 18.0. The lowest BCUT2D eigenvalue weighted by molar-refractivity contribution is -0.132. The minimum atomic E-state index is -0.134. The van der Waals surface area contributed by atoms with E-state index in [-0.39, 0.29) is 23.6 Å². The molecule has 0 saturated carbocycles. The molecule has 2 aromatic carbocycles. The maximum Gasteiger partial charge on any atom is 0.256 e. The first-order valence-electron chi connectivity index (χ1n) is 13.8. The quantitative estimate of drug-likeness (QED) is 0.583. The van der Waals surface area contributed by atoms with Crippen molar-refractivity contribution in [1.29, 1.82) is 0 Å². The summed E-state index contributed by atoms with van der Waals surface area (Å²) in [5.74, 6) is -0.00483. The Labute approximate surface area is 220 Å². The van der Waals surface area contributed by atoms with Gasteiger partial charge in [0, 0.05) is 57.1 Å². The van der Waals surface area contributed by atoms with E-state index >= 15 is 0 Å². The first kappa shape index (κ1) is 26.7. The molecule has 2 aliphatic heterocycles. The van der Waals surface area contributed by atoms with Crippen LogP contribution in [0.3, 0.4) is 0 Å². The lowest BCUT2D eigenvalue weighted by Crippen LogP contribution is -2.39. The zero-order valence-electron chi connectivity index (χ0n) is 22.2. The molecule has 1 atom stereocenters. The van der Waals surface area contributed by atoms with Crippen molar-refractivity contribution >= 4 is 29.1 Å². The van der Waals surface area contributed by atoms with Crippen molar-refractivity contribution in [3.8, 4) is 0 Å². The number of piperidine rings is 1. The van der Waals surface area contributed by atoms with Gasteiger partial charge < -0.3 is 20.0 Å². The maximum absolute atomic E-state index is 13.6. The molecule has 0 aromatic heterocycles. The molecule has 0 aliphatic carbocycles. The number of rotatable bonds is 7. The molecule has 3 amide bonds. The fourth-order valence-electron chi connectivity index (χ4n) is 5.41. The van der Waals surface area contributed by atoms with Crippen molar-refractivity contribution in [2.24, 2.45) is 0 Å². The van der Waals surface area contributed by atoms with E-state index in [1.807, 2.05) is 65.3 Å². The zero-order valence-corrected chi connectivity index (χ0v) is 22.2. The van der Waals surface area contributed by atoms with E-state index in [1.54, 1.807) is 0 Å². The van der Waals surface area contributed by atoms with Gasteiger partial charge >= 0.3 is 0 Å². The summed E-state index contributed by atoms with van der Waals surface area (Å²) in [6.07, 6.45) is 5.18. The van der Waals surface area contributed by atoms with Crippen molar-refractivity contribution in [3.63, 3.8) is 0 Å². The number of anilines is 2. The molecule has 0 radical (unpaired) electrons. The third kappa shape index (κ3) is 6.51. The van der Waals surface area contributed by atoms with Crippen LogP contribution in [0.5, 0.6) is 0 Å². The minimum absolute atomic E-state index is 0.0228. The van der Waals surface area contributed by atoms with Crippen molar-refractivity contribution in [1.82, 2.24) is 9.80 Å². The number of hydrogen-bond acceptors (Lipinski definition) is 4. The number of nitrogens with zero attached hydrogens (tertiary/aromatic N) is 3. The van der Waals surface area contributed by atoms with E-state index < -0.39 is 0 Å². The Balaban J connectivity index is 1.54. The number of carbonyl (C=O) groups is 3. The molecule has 0 spiro atoms. The van der Waals surface area contributed by atoms with Crippen LogP contribution in [-0.4, -0.2) is 66.8 Å². The molecule has 4 rings (SSSR count). The number of hydrogen-bond donors (Lipinski definition) is 1. The number of likely N-dealkylation sites (tertiary alicyclic amines) is 1. The highest BCUT2D eigenvalue weighted by molar-refractivity contribution is 6.02. The van der Waals surface area contributed by atoms with Crippen molar-refractivity contribution in [2.45, 2.75) is 58.3 Å². The van der Waals surface area contributed by atoms with Crippen LogP contribution in [0.4, 0.5) is 11.4 Å². The molecule has 2 saturated heterocycles. The van der Waals surface area contributed by atoms with E-state index in [0.717, 1.165) is 63.0 Å². The third-order valence-corrected chi connectivity index (χ3v) is 7.53. The molecular formula is C30H40N4O3. The second-order valence-electron chi connectivity index (χ2n) is 10.0. The molecule has 7 heteroatoms. The fourth-order valence-corrected chi connectivity index (χ4v) is 5.41. The summed E-state index contributed by atoms with van der Waals surface area (Å²) < 4.78 is 0. The Bertz CT molecular complexity index is 1080. The van der Waals surface area contributed by atoms with Crippen molar-refractivity contribution < 1.29 is 14.4 Å². The van der Waals surface area contributed by atoms with Gasteiger partial charge in [0.05, 0.1) is 11.5 Å². The largest absolute Gasteiger partial charge is 0.369 e. The normalized spacial score (nSPS) is 17.2. The molecule has 1 unspecified atom stereocenters. The molecule has 2 heterocycles. The number of amides is 3. The highest BCUT2D eigenvalue weighted by Crippen LogP contribution is 2.29. The lowest BCUT2D eigenvalue weighted by Gasteiger charge is -2.31. The number of carbonyl (C=O) groups excluding carboxylic acids is 3. The molecule has 0 bridgehead atoms. The minimum Gasteiger partial charge on any atom is -0.369 e. The molecule has 198 valence electrons. The van der Waals surface area contributed by atoms with Crippen LogP contribution in [0.2, 0.25) is 0 Å². The van der Waals surface area contributed by atoms with Crippen molar-refractivity contribution in [2.75, 3.05) is 49.5 Å². The monoisotopic (exact) mass is 504 g/mol. The SMILES string of the molecule is CCC(=O)Nc1ccc(N2CCCN(C(=O)C(CC)c3ccccc3)CC2)c(C(=O)N2CCCCC2)c1. The van der Waals surface area contributed by atoms with Gasteiger partial charge in [0.25, 0.3) is 5.91 Å². The maximum atomic E-state index is 13.6. The predicted octanol–water partition coefficient (Wildman–Crippen LogP) is 4.89. The fraction of sp³-hybridized carbons (Fsp3) is 0.500. The Morgan fingerprint density at radius 1 is 0.811 bits per heavy atom. The Hall–Kier alpha value is -3.35. The summed E-state index contributed by atoms with van der Waals surface area (Å²) in [5.41, 5.74) is 3.23. The molecule has 2 fully saturated rings. The van der Waals surface area contributed by atoms with Crippen molar-refractivity contribution in [3.05, 3.63) is 59.7 Å². The summed E-state index contributed by atoms with van der Waals surface area (Å²) in [7, 11) is 0. The summed E-state index contributed by atoms with van der Waals surface area (Å²) in [6.45, 7) is 8.18. The van der Waals surface area contributed by atoms with Gasteiger partial charge in [-0.3, -0.25) is 14.4 Å². The Kier molecular flexibility index (Phi) is 9.20. The predicted molar refractivity (Wildman–Crippen MR) is 148 cm³/mol. The summed E-state index contributed by atoms with van der Waals surface area (Å²) in [5, 5.41) is 2.91. The van der Waals surface area contributed by atoms with Crippen LogP contribution in [0.15, 0.2) is 48.5 Å². The van der Waals surface area contributed by atoms with E-state index in [9.17, 15) is 14.4 Å². The van der Waals surface area contributed by atoms with Gasteiger partial charge in [0.2, 0.25) is 11.8 Å². The van der Waals surface area contributed by atoms with Gasteiger partial charge in [0.1, 0.15) is 0 Å². The average Bonchev–Trinajstić information content (AvgIpc) is 3.20. The van der Waals surface area contributed by atoms with Crippen LogP contribution >= 0.6 is 0 Å². The summed E-state index contributed by atoms with van der Waals surface area (Å²) in [6, 6.07) is 15.7. The third-order valence-electron chi connectivity index (χ3n) is 7.53. The van der Waals surface area contributed by atoms with E-state index in [2.05, 4.69) is 17.1 Å². The van der Waals surface area contributed by atoms with Crippen LogP contribution in [-0.2, 0) is 9.59 Å². The van der Waals surface area contributed by atoms with Gasteiger partial charge in [-0.1, -0.05) is 44.2 Å². The van der Waals surface area contributed by atoms with Crippen LogP contribution in [0.1, 0.15) is 74.2 Å². The van der Waals surface area contributed by atoms with E-state index in [4.69, 9.17) is 0 Å². The molecular weight excluding hydrogens is 464 g/mol. The van der Waals surface area contributed by atoms with Gasteiger partial charge in [-0.2, -0.15) is 0 Å². The molecule has 7 nitrogen and oxygen atoms in total. The van der Waals surface area contributed by atoms with Gasteiger partial charge in [0.15, 0.2) is 0 Å². The number of benzene rings is 2. The van der Waals surface area contributed by atoms with Gasteiger partial charge in [-0.15, -0.1) is 0 Å². The standard InChI is InChI=1S/C30H40N4O3/c1-3-25(23-12-7-5-8-13-23)29(36)34-19-11-18-32(20-21-34)27-15-14-24(31-28(35)4-2)22-26(27)30(37)33-16-9-6-10-17-33/h5,7-8,12-15,22,25H,3-4,6,9-11,16-21H2,1-2H3,(H,31,35). The smallest absolute Gasteiger partial charge is 0.256 e. The molecule has 1 N–H and O–H groups in total. The first-order valence-corrected chi connectivity index (χ1v) is 13.8. The molecule has 2 aliphatic rings. The summed E-state index contributed by atoms with van der Waals surface area (Å²) in [4.78, 5) is 45.3. The van der Waals surface area contributed by atoms with Gasteiger partial charge in [-0.25, -0.2) is 0 Å². The van der Waals surface area contributed by atoms with Gasteiger partial charge in [-0.05, 0) is 55.9 Å². The molecule has 37 heavy (non-hydrogen) atoms. The Morgan fingerprint density at radius 2 is 1.54 bits per heavy atom. The lowest BCUT2D eigenvalue weighted by atomic mass is 9.95. The second kappa shape index (κ2) is 12.7. The topological polar surface area (TPSA) is 73.0 Å². The van der Waals surface area contributed by atoms with E-state index in [0.29, 0.717) is 37.3 Å². The average molecular weight is 505 g/mol. The number of nitrogens with one attached hydrogen (secondary N) is 1. The van der Waals surface area contributed by atoms with Crippen LogP contribution in [0, 0.1) is 0 Å². The van der Waals surface area contributed by atoms with Crippen LogP contribution in [0.25, 0.3) is 0 Å². The second-order valence-corrected chi connectivity index (χ2v) is 10.0. The van der Waals surface area contributed by atoms with E-state index in [1.165, 1.54) is 0 Å². The van der Waals surface area contributed by atoms with Crippen LogP contribution < -0.4 is 10.2 Å². The zero-order chi connectivity index (χ0) is 26.2. The highest BCUT2D eigenvalue weighted by atomic mass is 16.2. The molecule has 2 aromatic rings.